The number of likely N-dealkylation sites (N-methyl/N-ethyl adjacent to an activating group) is 1. The van der Waals surface area contributed by atoms with Crippen LogP contribution in [0.25, 0.3) is 0 Å². The van der Waals surface area contributed by atoms with Gasteiger partial charge in [0, 0.05) is 25.7 Å². The quantitative estimate of drug-likeness (QED) is 0.797. The van der Waals surface area contributed by atoms with Gasteiger partial charge in [-0.1, -0.05) is 19.1 Å². The minimum atomic E-state index is -0.150. The number of nitrogens with zero attached hydrogens (tertiary/aromatic N) is 1. The first-order chi connectivity index (χ1) is 7.29. The monoisotopic (exact) mass is 208 g/mol. The number of halogens is 1. The van der Waals surface area contributed by atoms with Crippen LogP contribution in [-0.4, -0.2) is 31.1 Å². The van der Waals surface area contributed by atoms with Crippen LogP contribution >= 0.6 is 0 Å². The minimum absolute atomic E-state index is 0.150. The molecule has 0 spiro atoms. The van der Waals surface area contributed by atoms with Crippen LogP contribution in [0.2, 0.25) is 0 Å². The number of hydrogen-bond acceptors (Lipinski definition) is 2. The summed E-state index contributed by atoms with van der Waals surface area (Å²) in [5.74, 6) is -0.150. The number of benzene rings is 1. The van der Waals surface area contributed by atoms with E-state index >= 15 is 0 Å². The van der Waals surface area contributed by atoms with Crippen molar-refractivity contribution < 1.29 is 4.39 Å². The molecule has 2 rings (SSSR count). The second-order valence-electron chi connectivity index (χ2n) is 3.95. The third kappa shape index (κ3) is 2.55. The molecule has 0 bridgehead atoms. The van der Waals surface area contributed by atoms with Crippen LogP contribution in [-0.2, 0) is 0 Å². The molecule has 1 N–H and O–H groups in total. The Labute approximate surface area is 90.1 Å². The lowest BCUT2D eigenvalue weighted by molar-refractivity contribution is 0.210. The molecule has 1 heterocycles. The summed E-state index contributed by atoms with van der Waals surface area (Å²) in [5.41, 5.74) is 1.05. The van der Waals surface area contributed by atoms with Crippen LogP contribution in [0.1, 0.15) is 18.5 Å². The van der Waals surface area contributed by atoms with Gasteiger partial charge < -0.3 is 10.2 Å². The predicted octanol–water partition coefficient (Wildman–Crippen LogP) is 1.79. The van der Waals surface area contributed by atoms with Gasteiger partial charge in [-0.05, 0) is 24.2 Å². The summed E-state index contributed by atoms with van der Waals surface area (Å²) in [5, 5.41) is 3.42. The first kappa shape index (κ1) is 10.6. The molecule has 0 saturated carbocycles. The third-order valence-electron chi connectivity index (χ3n) is 2.96. The summed E-state index contributed by atoms with van der Waals surface area (Å²) < 4.78 is 13.1. The van der Waals surface area contributed by atoms with Crippen LogP contribution in [0.3, 0.4) is 0 Å². The SMILES string of the molecule is CCN1CCN[C@@H](c2cccc(F)c2)C1. The van der Waals surface area contributed by atoms with Crippen molar-refractivity contribution in [1.29, 1.82) is 0 Å². The molecule has 3 heteroatoms. The number of piperazine rings is 1. The average molecular weight is 208 g/mol. The summed E-state index contributed by atoms with van der Waals surface area (Å²) in [6.45, 7) is 6.26. The smallest absolute Gasteiger partial charge is 0.123 e. The molecule has 82 valence electrons. The fourth-order valence-corrected chi connectivity index (χ4v) is 2.04. The van der Waals surface area contributed by atoms with E-state index in [1.807, 2.05) is 6.07 Å². The number of nitrogens with one attached hydrogen (secondary N) is 1. The normalized spacial score (nSPS) is 22.9. The Kier molecular flexibility index (Phi) is 3.34. The Hall–Kier alpha value is -0.930. The molecule has 1 aromatic carbocycles. The zero-order valence-electron chi connectivity index (χ0n) is 9.04. The van der Waals surface area contributed by atoms with Gasteiger partial charge in [0.15, 0.2) is 0 Å². The topological polar surface area (TPSA) is 15.3 Å². The maximum Gasteiger partial charge on any atom is 0.123 e. The van der Waals surface area contributed by atoms with Gasteiger partial charge in [0.2, 0.25) is 0 Å². The van der Waals surface area contributed by atoms with Crippen molar-refractivity contribution in [2.45, 2.75) is 13.0 Å². The summed E-state index contributed by atoms with van der Waals surface area (Å²) in [6.07, 6.45) is 0. The van der Waals surface area contributed by atoms with Gasteiger partial charge in [-0.2, -0.15) is 0 Å². The highest BCUT2D eigenvalue weighted by Crippen LogP contribution is 2.17. The molecule has 1 saturated heterocycles. The Morgan fingerprint density at radius 1 is 1.53 bits per heavy atom. The first-order valence-electron chi connectivity index (χ1n) is 5.51. The molecule has 1 aromatic rings. The van der Waals surface area contributed by atoms with E-state index in [0.717, 1.165) is 31.7 Å². The fraction of sp³-hybridized carbons (Fsp3) is 0.500. The van der Waals surface area contributed by atoms with Gasteiger partial charge in [-0.25, -0.2) is 4.39 Å². The molecule has 1 aliphatic rings. The zero-order valence-corrected chi connectivity index (χ0v) is 9.04. The van der Waals surface area contributed by atoms with E-state index in [-0.39, 0.29) is 11.9 Å². The predicted molar refractivity (Wildman–Crippen MR) is 59.3 cm³/mol. The molecule has 1 fully saturated rings. The van der Waals surface area contributed by atoms with Crippen molar-refractivity contribution in [1.82, 2.24) is 10.2 Å². The van der Waals surface area contributed by atoms with Crippen molar-refractivity contribution in [3.05, 3.63) is 35.6 Å². The van der Waals surface area contributed by atoms with E-state index in [9.17, 15) is 4.39 Å². The lowest BCUT2D eigenvalue weighted by Crippen LogP contribution is -2.45. The van der Waals surface area contributed by atoms with Crippen LogP contribution in [0.4, 0.5) is 4.39 Å². The fourth-order valence-electron chi connectivity index (χ4n) is 2.04. The van der Waals surface area contributed by atoms with Gasteiger partial charge in [-0.3, -0.25) is 0 Å². The van der Waals surface area contributed by atoms with E-state index < -0.39 is 0 Å². The van der Waals surface area contributed by atoms with E-state index in [1.54, 1.807) is 12.1 Å². The molecule has 1 atom stereocenters. The molecule has 0 aliphatic carbocycles. The van der Waals surface area contributed by atoms with Crippen LogP contribution in [0.15, 0.2) is 24.3 Å². The highest BCUT2D eigenvalue weighted by molar-refractivity contribution is 5.21. The number of hydrogen-bond donors (Lipinski definition) is 1. The molecule has 2 nitrogen and oxygen atoms in total. The zero-order chi connectivity index (χ0) is 10.7. The highest BCUT2D eigenvalue weighted by Gasteiger charge is 2.19. The molecular formula is C12H17FN2. The third-order valence-corrected chi connectivity index (χ3v) is 2.96. The molecule has 0 unspecified atom stereocenters. The van der Waals surface area contributed by atoms with E-state index in [4.69, 9.17) is 0 Å². The molecular weight excluding hydrogens is 191 g/mol. The average Bonchev–Trinajstić information content (AvgIpc) is 2.29. The molecule has 0 radical (unpaired) electrons. The second-order valence-corrected chi connectivity index (χ2v) is 3.95. The summed E-state index contributed by atoms with van der Waals surface area (Å²) >= 11 is 0. The summed E-state index contributed by atoms with van der Waals surface area (Å²) in [4.78, 5) is 2.38. The van der Waals surface area contributed by atoms with Crippen molar-refractivity contribution in [3.63, 3.8) is 0 Å². The van der Waals surface area contributed by atoms with Crippen LogP contribution in [0.5, 0.6) is 0 Å². The summed E-state index contributed by atoms with van der Waals surface area (Å²) in [7, 11) is 0. The van der Waals surface area contributed by atoms with Crippen molar-refractivity contribution in [2.75, 3.05) is 26.2 Å². The van der Waals surface area contributed by atoms with Crippen LogP contribution < -0.4 is 5.32 Å². The standard InChI is InChI=1S/C12H17FN2/c1-2-15-7-6-14-12(9-15)10-4-3-5-11(13)8-10/h3-5,8,12,14H,2,6-7,9H2,1H3/t12-/m1/s1. The van der Waals surface area contributed by atoms with Crippen LogP contribution in [0, 0.1) is 5.82 Å². The highest BCUT2D eigenvalue weighted by atomic mass is 19.1. The second kappa shape index (κ2) is 4.73. The van der Waals surface area contributed by atoms with Gasteiger partial charge in [0.05, 0.1) is 0 Å². The van der Waals surface area contributed by atoms with Crippen molar-refractivity contribution in [2.24, 2.45) is 0 Å². The Bertz CT molecular complexity index is 327. The summed E-state index contributed by atoms with van der Waals surface area (Å²) in [6, 6.07) is 7.15. The lowest BCUT2D eigenvalue weighted by Gasteiger charge is -2.33. The van der Waals surface area contributed by atoms with Gasteiger partial charge in [-0.15, -0.1) is 0 Å². The lowest BCUT2D eigenvalue weighted by atomic mass is 10.0. The molecule has 0 amide bonds. The van der Waals surface area contributed by atoms with Crippen molar-refractivity contribution >= 4 is 0 Å². The maximum atomic E-state index is 13.1. The van der Waals surface area contributed by atoms with Gasteiger partial charge in [0.25, 0.3) is 0 Å². The Morgan fingerprint density at radius 3 is 3.13 bits per heavy atom. The van der Waals surface area contributed by atoms with E-state index in [0.29, 0.717) is 0 Å². The molecule has 1 aliphatic heterocycles. The largest absolute Gasteiger partial charge is 0.308 e. The Morgan fingerprint density at radius 2 is 2.40 bits per heavy atom. The number of rotatable bonds is 2. The minimum Gasteiger partial charge on any atom is -0.308 e. The van der Waals surface area contributed by atoms with Crippen molar-refractivity contribution in [3.8, 4) is 0 Å². The van der Waals surface area contributed by atoms with Gasteiger partial charge >= 0.3 is 0 Å². The van der Waals surface area contributed by atoms with E-state index in [2.05, 4.69) is 17.1 Å². The van der Waals surface area contributed by atoms with Gasteiger partial charge in [0.1, 0.15) is 5.82 Å². The Balaban J connectivity index is 2.09. The molecule has 0 aromatic heterocycles. The molecule has 15 heavy (non-hydrogen) atoms. The van der Waals surface area contributed by atoms with E-state index in [1.165, 1.54) is 6.07 Å². The first-order valence-corrected chi connectivity index (χ1v) is 5.51. The maximum absolute atomic E-state index is 13.1.